The van der Waals surface area contributed by atoms with Gasteiger partial charge < -0.3 is 24.3 Å². The van der Waals surface area contributed by atoms with Gasteiger partial charge in [-0.2, -0.15) is 0 Å². The Bertz CT molecular complexity index is 859. The summed E-state index contributed by atoms with van der Waals surface area (Å²) in [6.07, 6.45) is 9.01. The quantitative estimate of drug-likeness (QED) is 0.551. The highest BCUT2D eigenvalue weighted by molar-refractivity contribution is 5.80. The molecule has 1 N–H and O–H groups in total. The third kappa shape index (κ3) is 4.93. The topological polar surface area (TPSA) is 63.9 Å². The highest BCUT2D eigenvalue weighted by Crippen LogP contribution is 2.35. The van der Waals surface area contributed by atoms with Gasteiger partial charge in [-0.1, -0.05) is 19.1 Å². The van der Waals surface area contributed by atoms with Crippen molar-refractivity contribution in [2.45, 2.75) is 44.6 Å². The molecule has 0 amide bonds. The van der Waals surface area contributed by atoms with Gasteiger partial charge in [-0.05, 0) is 49.8 Å². The van der Waals surface area contributed by atoms with Gasteiger partial charge in [-0.3, -0.25) is 4.99 Å². The van der Waals surface area contributed by atoms with Gasteiger partial charge in [0.25, 0.3) is 0 Å². The van der Waals surface area contributed by atoms with Crippen molar-refractivity contribution in [2.75, 3.05) is 46.5 Å². The summed E-state index contributed by atoms with van der Waals surface area (Å²) in [5, 5.41) is 3.73. The number of piperidine rings is 1. The van der Waals surface area contributed by atoms with E-state index >= 15 is 0 Å². The predicted octanol–water partition coefficient (Wildman–Crippen LogP) is 3.49. The van der Waals surface area contributed by atoms with Crippen molar-refractivity contribution in [1.29, 1.82) is 0 Å². The molecule has 2 aliphatic heterocycles. The monoisotopic (exact) mass is 439 g/mol. The Hall–Kier alpha value is -2.54. The second-order valence-electron chi connectivity index (χ2n) is 9.04. The number of ether oxygens (including phenoxy) is 2. The Morgan fingerprint density at radius 1 is 1.28 bits per heavy atom. The van der Waals surface area contributed by atoms with Crippen molar-refractivity contribution in [2.24, 2.45) is 10.9 Å². The molecule has 4 rings (SSSR count). The van der Waals surface area contributed by atoms with E-state index in [0.717, 1.165) is 63.8 Å². The van der Waals surface area contributed by atoms with Crippen LogP contribution in [-0.4, -0.2) is 66.9 Å². The average Bonchev–Trinajstić information content (AvgIpc) is 3.36. The highest BCUT2D eigenvalue weighted by atomic mass is 16.5. The molecule has 2 saturated heterocycles. The molecular formula is C25H37N5O2. The first-order chi connectivity index (χ1) is 15.6. The second-order valence-corrected chi connectivity index (χ2v) is 9.04. The minimum absolute atomic E-state index is 0.0335. The van der Waals surface area contributed by atoms with E-state index < -0.39 is 0 Å². The summed E-state index contributed by atoms with van der Waals surface area (Å²) in [7, 11) is 1.89. The van der Waals surface area contributed by atoms with Crippen molar-refractivity contribution < 1.29 is 9.47 Å². The molecule has 0 aliphatic carbocycles. The van der Waals surface area contributed by atoms with Crippen molar-refractivity contribution in [3.63, 3.8) is 0 Å². The maximum absolute atomic E-state index is 5.72. The fourth-order valence-corrected chi connectivity index (χ4v) is 5.08. The fourth-order valence-electron chi connectivity index (χ4n) is 5.08. The lowest BCUT2D eigenvalue weighted by Crippen LogP contribution is -2.52. The molecule has 2 fully saturated rings. The summed E-state index contributed by atoms with van der Waals surface area (Å²) in [6.45, 7) is 9.42. The average molecular weight is 440 g/mol. The van der Waals surface area contributed by atoms with Crippen LogP contribution in [0.5, 0.6) is 5.75 Å². The van der Waals surface area contributed by atoms with Gasteiger partial charge in [0.15, 0.2) is 5.96 Å². The number of hydrogen-bond donors (Lipinski definition) is 1. The number of likely N-dealkylation sites (tertiary alicyclic amines) is 1. The molecular weight excluding hydrogens is 402 g/mol. The van der Waals surface area contributed by atoms with E-state index in [9.17, 15) is 0 Å². The third-order valence-corrected chi connectivity index (χ3v) is 7.15. The molecule has 2 unspecified atom stereocenters. The van der Waals surface area contributed by atoms with Crippen LogP contribution in [0.4, 0.5) is 0 Å². The van der Waals surface area contributed by atoms with Crippen molar-refractivity contribution in [3.8, 4) is 5.75 Å². The fraction of sp³-hybridized carbons (Fsp3) is 0.600. The van der Waals surface area contributed by atoms with Gasteiger partial charge in [0.05, 0.1) is 19.0 Å². The number of nitrogens with zero attached hydrogens (tertiary/aromatic N) is 4. The van der Waals surface area contributed by atoms with Crippen LogP contribution in [0, 0.1) is 5.92 Å². The van der Waals surface area contributed by atoms with Crippen LogP contribution in [-0.2, 0) is 10.2 Å². The Labute approximate surface area is 191 Å². The lowest BCUT2D eigenvalue weighted by atomic mass is 9.74. The number of nitrogens with one attached hydrogen (secondary N) is 1. The summed E-state index contributed by atoms with van der Waals surface area (Å²) in [4.78, 5) is 11.3. The minimum atomic E-state index is 0.0335. The van der Waals surface area contributed by atoms with Crippen LogP contribution in [0.15, 0.2) is 48.0 Å². The van der Waals surface area contributed by atoms with Gasteiger partial charge in [0.1, 0.15) is 5.75 Å². The van der Waals surface area contributed by atoms with Crippen LogP contribution in [0.25, 0.3) is 0 Å². The van der Waals surface area contributed by atoms with Crippen LogP contribution in [0.2, 0.25) is 0 Å². The molecule has 174 valence electrons. The molecule has 2 atom stereocenters. The summed E-state index contributed by atoms with van der Waals surface area (Å²) in [5.74, 6) is 2.53. The lowest BCUT2D eigenvalue weighted by Gasteiger charge is -2.42. The number of guanidine groups is 1. The van der Waals surface area contributed by atoms with Gasteiger partial charge in [0, 0.05) is 57.7 Å². The number of aliphatic imine (C=N–C) groups is 1. The summed E-state index contributed by atoms with van der Waals surface area (Å²) < 4.78 is 13.6. The van der Waals surface area contributed by atoms with E-state index in [2.05, 4.69) is 62.1 Å². The zero-order valence-corrected chi connectivity index (χ0v) is 19.7. The molecule has 0 saturated carbocycles. The van der Waals surface area contributed by atoms with E-state index in [1.807, 2.05) is 26.5 Å². The smallest absolute Gasteiger partial charge is 0.193 e. The molecule has 1 aromatic heterocycles. The van der Waals surface area contributed by atoms with Crippen LogP contribution >= 0.6 is 0 Å². The van der Waals surface area contributed by atoms with Crippen LogP contribution in [0.3, 0.4) is 0 Å². The zero-order valence-electron chi connectivity index (χ0n) is 19.7. The van der Waals surface area contributed by atoms with Crippen molar-refractivity contribution in [1.82, 2.24) is 19.8 Å². The first kappa shape index (κ1) is 22.6. The van der Waals surface area contributed by atoms with Gasteiger partial charge in [-0.15, -0.1) is 0 Å². The normalized spacial score (nSPS) is 23.7. The molecule has 2 aromatic rings. The zero-order chi connectivity index (χ0) is 22.4. The Balaban J connectivity index is 1.47. The number of rotatable bonds is 6. The van der Waals surface area contributed by atoms with E-state index in [-0.39, 0.29) is 5.41 Å². The molecule has 0 spiro atoms. The summed E-state index contributed by atoms with van der Waals surface area (Å²) in [5.41, 5.74) is 1.38. The van der Waals surface area contributed by atoms with Gasteiger partial charge >= 0.3 is 0 Å². The van der Waals surface area contributed by atoms with Crippen LogP contribution < -0.4 is 10.1 Å². The third-order valence-electron chi connectivity index (χ3n) is 7.15. The number of aromatic nitrogens is 2. The Morgan fingerprint density at radius 2 is 2.06 bits per heavy atom. The SMILES string of the molecule is CCOc1ccc(C2(CNC(=NC)N3CCC(C)C(n4ccnc4)C3)CCOCC2)cc1. The highest BCUT2D eigenvalue weighted by Gasteiger charge is 2.36. The maximum atomic E-state index is 5.72. The molecule has 0 radical (unpaired) electrons. The first-order valence-electron chi connectivity index (χ1n) is 11.9. The van der Waals surface area contributed by atoms with Gasteiger partial charge in [-0.25, -0.2) is 4.98 Å². The molecule has 7 heteroatoms. The van der Waals surface area contributed by atoms with Crippen molar-refractivity contribution >= 4 is 5.96 Å². The standard InChI is InChI=1S/C25H37N5O2/c1-4-32-22-7-5-21(6-8-22)25(10-15-31-16-11-25)18-28-24(26-3)29-13-9-20(2)23(17-29)30-14-12-27-19-30/h5-8,12,14,19-20,23H,4,9-11,13,15-18H2,1-3H3,(H,26,28). The molecule has 32 heavy (non-hydrogen) atoms. The molecule has 7 nitrogen and oxygen atoms in total. The Morgan fingerprint density at radius 3 is 2.72 bits per heavy atom. The first-order valence-corrected chi connectivity index (χ1v) is 11.9. The number of imidazole rings is 1. The number of hydrogen-bond acceptors (Lipinski definition) is 4. The van der Waals surface area contributed by atoms with Gasteiger partial charge in [0.2, 0.25) is 0 Å². The second kappa shape index (κ2) is 10.4. The maximum Gasteiger partial charge on any atom is 0.193 e. The van der Waals surface area contributed by atoms with Crippen LogP contribution in [0.1, 0.15) is 44.7 Å². The predicted molar refractivity (Wildman–Crippen MR) is 127 cm³/mol. The lowest BCUT2D eigenvalue weighted by molar-refractivity contribution is 0.0510. The minimum Gasteiger partial charge on any atom is -0.494 e. The van der Waals surface area contributed by atoms with E-state index in [0.29, 0.717) is 18.6 Å². The Kier molecular flexibility index (Phi) is 7.35. The molecule has 2 aliphatic rings. The van der Waals surface area contributed by atoms with E-state index in [4.69, 9.17) is 9.47 Å². The summed E-state index contributed by atoms with van der Waals surface area (Å²) >= 11 is 0. The molecule has 0 bridgehead atoms. The molecule has 3 heterocycles. The molecule has 1 aromatic carbocycles. The summed E-state index contributed by atoms with van der Waals surface area (Å²) in [6, 6.07) is 9.03. The largest absolute Gasteiger partial charge is 0.494 e. The number of benzene rings is 1. The van der Waals surface area contributed by atoms with E-state index in [1.54, 1.807) is 0 Å². The van der Waals surface area contributed by atoms with Crippen molar-refractivity contribution in [3.05, 3.63) is 48.5 Å². The van der Waals surface area contributed by atoms with E-state index in [1.165, 1.54) is 5.56 Å².